The molecule has 3 aromatic rings. The summed E-state index contributed by atoms with van der Waals surface area (Å²) in [7, 11) is 5.73. The molecule has 0 aliphatic carbocycles. The van der Waals surface area contributed by atoms with Crippen LogP contribution < -0.4 is 15.0 Å². The normalized spacial score (nSPS) is 16.2. The van der Waals surface area contributed by atoms with Gasteiger partial charge in [0.2, 0.25) is 0 Å². The molecular weight excluding hydrogens is 589 g/mol. The number of nitrogens with one attached hydrogen (secondary N) is 1. The highest BCUT2D eigenvalue weighted by Crippen LogP contribution is 2.36. The van der Waals surface area contributed by atoms with Crippen LogP contribution in [0.25, 0.3) is 0 Å². The van der Waals surface area contributed by atoms with Gasteiger partial charge in [-0.15, -0.1) is 0 Å². The summed E-state index contributed by atoms with van der Waals surface area (Å²) in [6, 6.07) is 12.3. The number of carbonyl (C=O) groups excluding carboxylic acids is 2. The number of ether oxygens (including phenoxy) is 2. The highest BCUT2D eigenvalue weighted by molar-refractivity contribution is 6.43. The maximum Gasteiger partial charge on any atom is 0.421 e. The van der Waals surface area contributed by atoms with Crippen LogP contribution in [0.15, 0.2) is 48.7 Å². The molecule has 0 spiro atoms. The first-order valence-electron chi connectivity index (χ1n) is 14.8. The van der Waals surface area contributed by atoms with Gasteiger partial charge in [-0.1, -0.05) is 18.2 Å². The van der Waals surface area contributed by atoms with E-state index < -0.39 is 29.2 Å². The van der Waals surface area contributed by atoms with E-state index in [1.165, 1.54) is 17.0 Å². The van der Waals surface area contributed by atoms with Crippen LogP contribution in [0.3, 0.4) is 0 Å². The zero-order chi connectivity index (χ0) is 32.1. The number of hydrogen-bond donors (Lipinski definition) is 1. The highest BCUT2D eigenvalue weighted by Gasteiger charge is 2.36. The Morgan fingerprint density at radius 3 is 2.44 bits per heavy atom. The summed E-state index contributed by atoms with van der Waals surface area (Å²) in [6.45, 7) is 2.94. The van der Waals surface area contributed by atoms with E-state index in [0.717, 1.165) is 37.8 Å². The molecule has 0 radical (unpaired) electrons. The molecule has 2 aliphatic heterocycles. The fourth-order valence-electron chi connectivity index (χ4n) is 5.64. The first-order chi connectivity index (χ1) is 21.5. The second-order valence-electron chi connectivity index (χ2n) is 11.3. The molecule has 0 saturated carbocycles. The van der Waals surface area contributed by atoms with Crippen LogP contribution in [0, 0.1) is 0 Å². The Bertz CT molecular complexity index is 1520. The second-order valence-corrected chi connectivity index (χ2v) is 11.3. The number of aromatic nitrogens is 2. The van der Waals surface area contributed by atoms with Gasteiger partial charge in [-0.25, -0.2) is 9.97 Å². The molecule has 1 aromatic heterocycles. The van der Waals surface area contributed by atoms with E-state index in [1.54, 1.807) is 19.2 Å². The van der Waals surface area contributed by atoms with Crippen molar-refractivity contribution < 1.29 is 32.2 Å². The Morgan fingerprint density at radius 2 is 1.78 bits per heavy atom. The van der Waals surface area contributed by atoms with Crippen molar-refractivity contribution in [1.29, 1.82) is 0 Å². The van der Waals surface area contributed by atoms with Crippen LogP contribution in [-0.2, 0) is 22.1 Å². The van der Waals surface area contributed by atoms with Crippen molar-refractivity contribution in [2.75, 3.05) is 70.8 Å². The lowest BCUT2D eigenvalue weighted by molar-refractivity contribution is -0.137. The molecule has 0 unspecified atom stereocenters. The minimum Gasteiger partial charge on any atom is -0.496 e. The smallest absolute Gasteiger partial charge is 0.421 e. The van der Waals surface area contributed by atoms with Crippen molar-refractivity contribution in [1.82, 2.24) is 19.8 Å². The van der Waals surface area contributed by atoms with Crippen molar-refractivity contribution in [3.63, 3.8) is 0 Å². The number of alkyl halides is 3. The summed E-state index contributed by atoms with van der Waals surface area (Å²) < 4.78 is 53.1. The van der Waals surface area contributed by atoms with E-state index in [-0.39, 0.29) is 36.6 Å². The second kappa shape index (κ2) is 13.8. The molecule has 0 bridgehead atoms. The third-order valence-electron chi connectivity index (χ3n) is 8.24. The molecule has 10 nitrogen and oxygen atoms in total. The largest absolute Gasteiger partial charge is 0.496 e. The molecule has 45 heavy (non-hydrogen) atoms. The lowest BCUT2D eigenvalue weighted by Crippen LogP contribution is -2.44. The van der Waals surface area contributed by atoms with Gasteiger partial charge in [0.05, 0.1) is 31.6 Å². The average molecular weight is 627 g/mol. The predicted octanol–water partition coefficient (Wildman–Crippen LogP) is 4.41. The zero-order valence-electron chi connectivity index (χ0n) is 25.6. The van der Waals surface area contributed by atoms with Gasteiger partial charge in [-0.2, -0.15) is 13.2 Å². The number of morpholine rings is 1. The van der Waals surface area contributed by atoms with Gasteiger partial charge < -0.3 is 29.5 Å². The molecule has 1 N–H and O–H groups in total. The monoisotopic (exact) mass is 626 g/mol. The first kappa shape index (κ1) is 32.2. The summed E-state index contributed by atoms with van der Waals surface area (Å²) in [6.07, 6.45) is -1.85. The number of carbonyl (C=O) groups is 2. The molecule has 2 aromatic carbocycles. The van der Waals surface area contributed by atoms with Crippen molar-refractivity contribution in [2.45, 2.75) is 31.5 Å². The topological polar surface area (TPSA) is 100 Å². The Kier molecular flexibility index (Phi) is 9.88. The number of hydrogen-bond acceptors (Lipinski definition) is 9. The number of nitrogens with zero attached hydrogens (tertiary/aromatic N) is 5. The van der Waals surface area contributed by atoms with E-state index in [1.807, 2.05) is 18.2 Å². The van der Waals surface area contributed by atoms with Crippen LogP contribution in [0.4, 0.5) is 30.4 Å². The highest BCUT2D eigenvalue weighted by atomic mass is 19.4. The molecule has 13 heteroatoms. The number of rotatable bonds is 9. The zero-order valence-corrected chi connectivity index (χ0v) is 25.6. The minimum absolute atomic E-state index is 0.0271. The number of piperidine rings is 1. The Labute approximate surface area is 260 Å². The minimum atomic E-state index is -4.77. The van der Waals surface area contributed by atoms with Gasteiger partial charge in [0.25, 0.3) is 11.7 Å². The van der Waals surface area contributed by atoms with Crippen molar-refractivity contribution in [2.24, 2.45) is 0 Å². The van der Waals surface area contributed by atoms with E-state index in [9.17, 15) is 22.8 Å². The lowest BCUT2D eigenvalue weighted by atomic mass is 10.0. The predicted molar refractivity (Wildman–Crippen MR) is 163 cm³/mol. The number of Topliss-reactive ketones (excluding diaryl/α,β-unsaturated/α-hetero) is 1. The molecule has 2 aliphatic rings. The molecule has 2 fully saturated rings. The van der Waals surface area contributed by atoms with E-state index in [0.29, 0.717) is 30.6 Å². The van der Waals surface area contributed by atoms with Gasteiger partial charge in [0.1, 0.15) is 23.0 Å². The van der Waals surface area contributed by atoms with Crippen molar-refractivity contribution in [3.8, 4) is 5.75 Å². The molecular formula is C32H37F3N6O4. The van der Waals surface area contributed by atoms with Crippen LogP contribution >= 0.6 is 0 Å². The number of halogens is 3. The summed E-state index contributed by atoms with van der Waals surface area (Å²) in [4.78, 5) is 40.2. The molecule has 240 valence electrons. The summed E-state index contributed by atoms with van der Waals surface area (Å²) >= 11 is 0. The van der Waals surface area contributed by atoms with Crippen molar-refractivity contribution >= 4 is 28.9 Å². The van der Waals surface area contributed by atoms with E-state index in [4.69, 9.17) is 9.47 Å². The van der Waals surface area contributed by atoms with Gasteiger partial charge >= 0.3 is 6.18 Å². The van der Waals surface area contributed by atoms with Gasteiger partial charge in [0, 0.05) is 62.2 Å². The van der Waals surface area contributed by atoms with Crippen LogP contribution in [0.1, 0.15) is 40.2 Å². The first-order valence-corrected chi connectivity index (χ1v) is 14.8. The maximum absolute atomic E-state index is 14.1. The molecule has 0 atom stereocenters. The Hall–Kier alpha value is -4.23. The quantitative estimate of drug-likeness (QED) is 0.274. The molecule has 3 heterocycles. The average Bonchev–Trinajstić information content (AvgIpc) is 3.04. The Morgan fingerprint density at radius 1 is 1.07 bits per heavy atom. The fourth-order valence-corrected chi connectivity index (χ4v) is 5.64. The summed E-state index contributed by atoms with van der Waals surface area (Å²) in [5, 5.41) is 2.68. The fraction of sp³-hybridized carbons (Fsp3) is 0.438. The van der Waals surface area contributed by atoms with E-state index >= 15 is 0 Å². The lowest BCUT2D eigenvalue weighted by Gasteiger charge is -2.36. The number of anilines is 3. The molecule has 2 saturated heterocycles. The third-order valence-corrected chi connectivity index (χ3v) is 8.24. The van der Waals surface area contributed by atoms with Gasteiger partial charge in [-0.05, 0) is 45.1 Å². The number of ketones is 1. The van der Waals surface area contributed by atoms with Gasteiger partial charge in [-0.3, -0.25) is 9.59 Å². The van der Waals surface area contributed by atoms with Crippen LogP contribution in [-0.4, -0.2) is 98.1 Å². The SMILES string of the molecule is COc1cc(N2CCC(N(C)C)CC2)ccc1Cc1ncc(C(F)(F)F)c(Nc2ccccc2C(=O)C(=O)N2CCOCC2)n1. The summed E-state index contributed by atoms with van der Waals surface area (Å²) in [5.41, 5.74) is 0.586. The Balaban J connectivity index is 1.39. The molecule has 5 rings (SSSR count). The van der Waals surface area contributed by atoms with Crippen molar-refractivity contribution in [3.05, 3.63) is 71.2 Å². The number of amides is 1. The van der Waals surface area contributed by atoms with E-state index in [2.05, 4.69) is 39.2 Å². The maximum atomic E-state index is 14.1. The number of para-hydroxylation sites is 1. The number of benzene rings is 2. The standard InChI is InChI=1S/C32H37F3N6O4/c1-39(2)22-10-12-40(13-11-22)23-9-8-21(27(19-23)44-3)18-28-36-20-25(32(33,34)35)30(38-28)37-26-7-5-4-6-24(26)29(42)31(43)41-14-16-45-17-15-41/h4-9,19-20,22H,10-18H2,1-3H3,(H,36,37,38). The summed E-state index contributed by atoms with van der Waals surface area (Å²) in [5.74, 6) is -1.40. The number of methoxy groups -OCH3 is 1. The molecule has 1 amide bonds. The van der Waals surface area contributed by atoms with Crippen LogP contribution in [0.2, 0.25) is 0 Å². The van der Waals surface area contributed by atoms with Gasteiger partial charge in [0.15, 0.2) is 0 Å². The third kappa shape index (κ3) is 7.54. The van der Waals surface area contributed by atoms with Crippen LogP contribution in [0.5, 0.6) is 5.75 Å².